The summed E-state index contributed by atoms with van der Waals surface area (Å²) in [6.07, 6.45) is 0. The first-order chi connectivity index (χ1) is 9.40. The number of hydrogen-bond donors (Lipinski definition) is 2. The molecule has 1 atom stereocenters. The normalized spacial score (nSPS) is 12.6. The monoisotopic (exact) mass is 275 g/mol. The van der Waals surface area contributed by atoms with Gasteiger partial charge in [0.2, 0.25) is 0 Å². The minimum atomic E-state index is -1.05. The van der Waals surface area contributed by atoms with Crippen molar-refractivity contribution in [3.63, 3.8) is 0 Å². The third kappa shape index (κ3) is 2.66. The van der Waals surface area contributed by atoms with Gasteiger partial charge in [0.25, 0.3) is 5.91 Å². The summed E-state index contributed by atoms with van der Waals surface area (Å²) in [7, 11) is 0. The molecule has 0 aliphatic heterocycles. The maximum absolute atomic E-state index is 12.1. The molecule has 1 aromatic carbocycles. The lowest BCUT2D eigenvalue weighted by Crippen LogP contribution is -2.44. The van der Waals surface area contributed by atoms with Gasteiger partial charge in [-0.25, -0.2) is 4.79 Å². The van der Waals surface area contributed by atoms with E-state index < -0.39 is 17.9 Å². The standard InChI is InChI=1S/C15H17NO4/c1-8(2)12(15(18)19)16-14(17)11-7-10-6-4-5-9(3)13(10)20-11/h4-8,12H,1-3H3,(H,16,17)(H,18,19). The van der Waals surface area contributed by atoms with Gasteiger partial charge in [0.15, 0.2) is 5.76 Å². The van der Waals surface area contributed by atoms with Gasteiger partial charge in [-0.15, -0.1) is 0 Å². The van der Waals surface area contributed by atoms with E-state index in [9.17, 15) is 9.59 Å². The second-order valence-corrected chi connectivity index (χ2v) is 5.14. The lowest BCUT2D eigenvalue weighted by atomic mass is 10.0. The number of furan rings is 1. The van der Waals surface area contributed by atoms with E-state index in [4.69, 9.17) is 9.52 Å². The number of aliphatic carboxylic acids is 1. The van der Waals surface area contributed by atoms with Crippen LogP contribution in [0.15, 0.2) is 28.7 Å². The molecule has 106 valence electrons. The molecule has 1 heterocycles. The van der Waals surface area contributed by atoms with E-state index in [-0.39, 0.29) is 11.7 Å². The van der Waals surface area contributed by atoms with Crippen LogP contribution in [0.4, 0.5) is 0 Å². The van der Waals surface area contributed by atoms with Crippen LogP contribution in [0.1, 0.15) is 30.0 Å². The van der Waals surface area contributed by atoms with Crippen molar-refractivity contribution in [2.24, 2.45) is 5.92 Å². The topological polar surface area (TPSA) is 79.5 Å². The quantitative estimate of drug-likeness (QED) is 0.898. The van der Waals surface area contributed by atoms with Gasteiger partial charge >= 0.3 is 5.97 Å². The first-order valence-electron chi connectivity index (χ1n) is 6.43. The van der Waals surface area contributed by atoms with Crippen molar-refractivity contribution in [2.45, 2.75) is 26.8 Å². The average Bonchev–Trinajstić information content (AvgIpc) is 2.80. The second kappa shape index (κ2) is 5.36. The van der Waals surface area contributed by atoms with E-state index in [0.29, 0.717) is 5.58 Å². The highest BCUT2D eigenvalue weighted by Crippen LogP contribution is 2.22. The molecular formula is C15H17NO4. The third-order valence-electron chi connectivity index (χ3n) is 3.18. The highest BCUT2D eigenvalue weighted by Gasteiger charge is 2.25. The zero-order valence-electron chi connectivity index (χ0n) is 11.6. The molecule has 0 aliphatic carbocycles. The number of carbonyl (C=O) groups is 2. The lowest BCUT2D eigenvalue weighted by Gasteiger charge is -2.16. The van der Waals surface area contributed by atoms with Crippen LogP contribution in [-0.2, 0) is 4.79 Å². The van der Waals surface area contributed by atoms with E-state index in [1.165, 1.54) is 0 Å². The third-order valence-corrected chi connectivity index (χ3v) is 3.18. The number of carboxylic acid groups (broad SMARTS) is 1. The van der Waals surface area contributed by atoms with Gasteiger partial charge in [0.1, 0.15) is 11.6 Å². The molecule has 1 unspecified atom stereocenters. The Morgan fingerprint density at radius 3 is 2.55 bits per heavy atom. The zero-order chi connectivity index (χ0) is 14.9. The number of para-hydroxylation sites is 1. The summed E-state index contributed by atoms with van der Waals surface area (Å²) in [5.74, 6) is -1.65. The van der Waals surface area contributed by atoms with Gasteiger partial charge in [-0.3, -0.25) is 4.79 Å². The van der Waals surface area contributed by atoms with Crippen molar-refractivity contribution in [1.82, 2.24) is 5.32 Å². The van der Waals surface area contributed by atoms with Gasteiger partial charge in [-0.2, -0.15) is 0 Å². The minimum absolute atomic E-state index is 0.126. The first kappa shape index (κ1) is 14.1. The van der Waals surface area contributed by atoms with Gasteiger partial charge < -0.3 is 14.8 Å². The molecule has 5 heteroatoms. The Balaban J connectivity index is 2.27. The summed E-state index contributed by atoms with van der Waals surface area (Å²) in [5, 5.41) is 12.4. The predicted octanol–water partition coefficient (Wildman–Crippen LogP) is 2.58. The van der Waals surface area contributed by atoms with Crippen LogP contribution in [0.3, 0.4) is 0 Å². The predicted molar refractivity (Wildman–Crippen MR) is 74.7 cm³/mol. The minimum Gasteiger partial charge on any atom is -0.480 e. The van der Waals surface area contributed by atoms with Crippen LogP contribution in [0.2, 0.25) is 0 Å². The zero-order valence-corrected chi connectivity index (χ0v) is 11.6. The van der Waals surface area contributed by atoms with Gasteiger partial charge in [0.05, 0.1) is 0 Å². The fraction of sp³-hybridized carbons (Fsp3) is 0.333. The van der Waals surface area contributed by atoms with Crippen molar-refractivity contribution < 1.29 is 19.1 Å². The van der Waals surface area contributed by atoms with Gasteiger partial charge in [-0.1, -0.05) is 32.0 Å². The maximum atomic E-state index is 12.1. The highest BCUT2D eigenvalue weighted by atomic mass is 16.4. The molecule has 0 bridgehead atoms. The number of hydrogen-bond acceptors (Lipinski definition) is 3. The van der Waals surface area contributed by atoms with Crippen LogP contribution in [0.5, 0.6) is 0 Å². The number of benzene rings is 1. The molecule has 5 nitrogen and oxygen atoms in total. The number of amides is 1. The van der Waals surface area contributed by atoms with Gasteiger partial charge in [0, 0.05) is 5.39 Å². The molecule has 0 saturated carbocycles. The number of carbonyl (C=O) groups excluding carboxylic acids is 1. The fourth-order valence-electron chi connectivity index (χ4n) is 2.05. The summed E-state index contributed by atoms with van der Waals surface area (Å²) in [4.78, 5) is 23.2. The Bertz CT molecular complexity index is 657. The number of carboxylic acids is 1. The Morgan fingerprint density at radius 1 is 1.30 bits per heavy atom. The summed E-state index contributed by atoms with van der Waals surface area (Å²) in [6.45, 7) is 5.37. The number of aryl methyl sites for hydroxylation is 1. The molecule has 20 heavy (non-hydrogen) atoms. The summed E-state index contributed by atoms with van der Waals surface area (Å²) in [6, 6.07) is 6.30. The van der Waals surface area contributed by atoms with Crippen LogP contribution in [0, 0.1) is 12.8 Å². The molecule has 2 aromatic rings. The van der Waals surface area contributed by atoms with Crippen molar-refractivity contribution >= 4 is 22.8 Å². The van der Waals surface area contributed by atoms with Crippen LogP contribution >= 0.6 is 0 Å². The first-order valence-corrected chi connectivity index (χ1v) is 6.43. The van der Waals surface area contributed by atoms with Crippen LogP contribution in [-0.4, -0.2) is 23.0 Å². The molecule has 0 radical (unpaired) electrons. The summed E-state index contributed by atoms with van der Waals surface area (Å²) < 4.78 is 5.52. The second-order valence-electron chi connectivity index (χ2n) is 5.14. The van der Waals surface area contributed by atoms with Crippen LogP contribution < -0.4 is 5.32 Å². The highest BCUT2D eigenvalue weighted by molar-refractivity contribution is 5.98. The molecule has 0 aliphatic rings. The Morgan fingerprint density at radius 2 is 2.00 bits per heavy atom. The van der Waals surface area contributed by atoms with E-state index >= 15 is 0 Å². The Labute approximate surface area is 116 Å². The smallest absolute Gasteiger partial charge is 0.326 e. The molecule has 2 rings (SSSR count). The molecule has 0 spiro atoms. The van der Waals surface area contributed by atoms with E-state index in [2.05, 4.69) is 5.32 Å². The maximum Gasteiger partial charge on any atom is 0.326 e. The molecule has 1 amide bonds. The number of nitrogens with one attached hydrogen (secondary N) is 1. The van der Waals surface area contributed by atoms with Crippen molar-refractivity contribution in [1.29, 1.82) is 0 Å². The number of rotatable bonds is 4. The Hall–Kier alpha value is -2.30. The van der Waals surface area contributed by atoms with E-state index in [1.807, 2.05) is 25.1 Å². The number of fused-ring (bicyclic) bond motifs is 1. The van der Waals surface area contributed by atoms with Crippen LogP contribution in [0.25, 0.3) is 11.0 Å². The summed E-state index contributed by atoms with van der Waals surface area (Å²) >= 11 is 0. The SMILES string of the molecule is Cc1cccc2cc(C(=O)NC(C(=O)O)C(C)C)oc12. The summed E-state index contributed by atoms with van der Waals surface area (Å²) in [5.41, 5.74) is 1.58. The largest absolute Gasteiger partial charge is 0.480 e. The fourth-order valence-corrected chi connectivity index (χ4v) is 2.05. The van der Waals surface area contributed by atoms with Crippen molar-refractivity contribution in [2.75, 3.05) is 0 Å². The van der Waals surface area contributed by atoms with Crippen molar-refractivity contribution in [3.05, 3.63) is 35.6 Å². The molecule has 2 N–H and O–H groups in total. The van der Waals surface area contributed by atoms with Crippen molar-refractivity contribution in [3.8, 4) is 0 Å². The van der Waals surface area contributed by atoms with E-state index in [0.717, 1.165) is 10.9 Å². The molecule has 0 saturated heterocycles. The molecule has 0 fully saturated rings. The lowest BCUT2D eigenvalue weighted by molar-refractivity contribution is -0.140. The van der Waals surface area contributed by atoms with E-state index in [1.54, 1.807) is 19.9 Å². The Kier molecular flexibility index (Phi) is 3.79. The average molecular weight is 275 g/mol. The molecular weight excluding hydrogens is 258 g/mol. The van der Waals surface area contributed by atoms with Gasteiger partial charge in [-0.05, 0) is 24.5 Å². The molecule has 1 aromatic heterocycles.